The van der Waals surface area contributed by atoms with Crippen molar-refractivity contribution in [2.24, 2.45) is 40.2 Å². The van der Waals surface area contributed by atoms with Gasteiger partial charge >= 0.3 is 0 Å². The van der Waals surface area contributed by atoms with Crippen molar-refractivity contribution in [3.8, 4) is 22.6 Å². The van der Waals surface area contributed by atoms with Crippen LogP contribution in [0, 0.1) is 34.5 Å². The minimum Gasteiger partial charge on any atom is -0.507 e. The number of nitrogens with one attached hydrogen (secondary N) is 1. The van der Waals surface area contributed by atoms with Crippen LogP contribution in [-0.4, -0.2) is 69.4 Å². The second-order valence-corrected chi connectivity index (χ2v) is 15.4. The van der Waals surface area contributed by atoms with Crippen molar-refractivity contribution in [1.82, 2.24) is 5.32 Å². The fourth-order valence-corrected chi connectivity index (χ4v) is 9.97. The number of amides is 1. The van der Waals surface area contributed by atoms with Crippen molar-refractivity contribution in [3.63, 3.8) is 0 Å². The van der Waals surface area contributed by atoms with Gasteiger partial charge in [0, 0.05) is 17.5 Å². The standard InChI is InChI=1S/C40H48N2O8/c1-21(2)31-34(45)30(37(41)48)35(46)40(49)36(47)32-33(44)29-26(18-38(32,3)20-39(31,40)4)24(12-13-27(29)43)25-17-23(11-14-28(25)50-5)19-42-16-15-22-9-7-6-8-10-22/h6-14,17,21,30-32,34,36,42-43,45,47,49H,15-16,18-20H2,1-5H3,(H2,41,48)/t30-,31+,32-,34?,36?,38-,39-,40+/m1/s1. The Hall–Kier alpha value is -4.09. The molecule has 1 amide bonds. The lowest BCUT2D eigenvalue weighted by atomic mass is 9.39. The van der Waals surface area contributed by atoms with E-state index in [1.165, 1.54) is 11.6 Å². The van der Waals surface area contributed by atoms with Crippen LogP contribution in [0.4, 0.5) is 0 Å². The van der Waals surface area contributed by atoms with E-state index in [0.29, 0.717) is 23.4 Å². The van der Waals surface area contributed by atoms with Gasteiger partial charge in [-0.25, -0.2) is 0 Å². The first-order valence-electron chi connectivity index (χ1n) is 17.3. The molecule has 8 atom stereocenters. The lowest BCUT2D eigenvalue weighted by molar-refractivity contribution is -0.265. The van der Waals surface area contributed by atoms with Crippen LogP contribution in [0.1, 0.15) is 61.2 Å². The molecule has 0 spiro atoms. The van der Waals surface area contributed by atoms with Crippen molar-refractivity contribution in [3.05, 3.63) is 82.9 Å². The number of hydrogen-bond donors (Lipinski definition) is 6. The number of phenolic OH excluding ortho intramolecular Hbond substituents is 1. The predicted molar refractivity (Wildman–Crippen MR) is 187 cm³/mol. The summed E-state index contributed by atoms with van der Waals surface area (Å²) in [5, 5.41) is 50.6. The Kier molecular flexibility index (Phi) is 9.22. The van der Waals surface area contributed by atoms with Crippen LogP contribution in [0.5, 0.6) is 11.5 Å². The molecule has 7 N–H and O–H groups in total. The minimum atomic E-state index is -2.56. The van der Waals surface area contributed by atoms with Gasteiger partial charge in [-0.05, 0) is 83.5 Å². The van der Waals surface area contributed by atoms with Crippen molar-refractivity contribution < 1.29 is 39.5 Å². The summed E-state index contributed by atoms with van der Waals surface area (Å²) in [4.78, 5) is 41.1. The first-order valence-corrected chi connectivity index (χ1v) is 17.3. The number of methoxy groups -OCH3 is 1. The summed E-state index contributed by atoms with van der Waals surface area (Å²) < 4.78 is 5.78. The maximum Gasteiger partial charge on any atom is 0.230 e. The average molecular weight is 685 g/mol. The molecule has 6 rings (SSSR count). The largest absolute Gasteiger partial charge is 0.507 e. The fraction of sp³-hybridized carbons (Fsp3) is 0.475. The molecular formula is C40H48N2O8. The number of nitrogens with two attached hydrogens (primary N) is 1. The van der Waals surface area contributed by atoms with Crippen molar-refractivity contribution in [1.29, 1.82) is 0 Å². The minimum absolute atomic E-state index is 0.0137. The monoisotopic (exact) mass is 684 g/mol. The van der Waals surface area contributed by atoms with Gasteiger partial charge in [-0.2, -0.15) is 0 Å². The number of fused-ring (bicyclic) bond motifs is 3. The van der Waals surface area contributed by atoms with E-state index < -0.39 is 63.9 Å². The van der Waals surface area contributed by atoms with Crippen LogP contribution in [-0.2, 0) is 29.0 Å². The molecule has 50 heavy (non-hydrogen) atoms. The van der Waals surface area contributed by atoms with E-state index in [9.17, 15) is 34.8 Å². The molecule has 3 aromatic rings. The van der Waals surface area contributed by atoms with Gasteiger partial charge < -0.3 is 36.2 Å². The molecule has 2 saturated carbocycles. The summed E-state index contributed by atoms with van der Waals surface area (Å²) in [6.07, 6.45) is -2.27. The number of rotatable bonds is 9. The van der Waals surface area contributed by atoms with Crippen molar-refractivity contribution >= 4 is 17.5 Å². The highest BCUT2D eigenvalue weighted by Crippen LogP contribution is 2.66. The van der Waals surface area contributed by atoms with E-state index in [1.807, 2.05) is 57.2 Å². The van der Waals surface area contributed by atoms with Gasteiger partial charge in [-0.1, -0.05) is 70.2 Å². The molecule has 3 aliphatic rings. The second-order valence-electron chi connectivity index (χ2n) is 15.4. The van der Waals surface area contributed by atoms with E-state index in [0.717, 1.165) is 24.1 Å². The summed E-state index contributed by atoms with van der Waals surface area (Å²) in [5.74, 6) is -6.68. The Balaban J connectivity index is 1.41. The van der Waals surface area contributed by atoms with Gasteiger partial charge in [-0.15, -0.1) is 0 Å². The van der Waals surface area contributed by atoms with E-state index in [-0.39, 0.29) is 30.1 Å². The predicted octanol–water partition coefficient (Wildman–Crippen LogP) is 3.58. The highest BCUT2D eigenvalue weighted by molar-refractivity contribution is 6.09. The maximum absolute atomic E-state index is 14.6. The third-order valence-corrected chi connectivity index (χ3v) is 12.0. The average Bonchev–Trinajstić information content (AvgIpc) is 3.05. The quantitative estimate of drug-likeness (QED) is 0.145. The molecule has 10 heteroatoms. The van der Waals surface area contributed by atoms with E-state index in [1.54, 1.807) is 20.1 Å². The lowest BCUT2D eigenvalue weighted by Crippen LogP contribution is -2.79. The summed E-state index contributed by atoms with van der Waals surface area (Å²) in [7, 11) is 1.57. The Morgan fingerprint density at radius 2 is 1.72 bits per heavy atom. The number of carbonyl (C=O) groups is 3. The van der Waals surface area contributed by atoms with Crippen LogP contribution < -0.4 is 15.8 Å². The Morgan fingerprint density at radius 1 is 1.02 bits per heavy atom. The van der Waals surface area contributed by atoms with Gasteiger partial charge in [0.05, 0.1) is 24.7 Å². The number of hydrogen-bond acceptors (Lipinski definition) is 9. The van der Waals surface area contributed by atoms with Gasteiger partial charge in [0.25, 0.3) is 0 Å². The molecule has 2 unspecified atom stereocenters. The molecule has 0 heterocycles. The number of Topliss-reactive ketones (excluding diaryl/α,β-unsaturated/α-hetero) is 2. The third kappa shape index (κ3) is 5.35. The molecule has 0 bridgehead atoms. The van der Waals surface area contributed by atoms with Crippen LogP contribution in [0.15, 0.2) is 60.7 Å². The van der Waals surface area contributed by atoms with Gasteiger partial charge in [-0.3, -0.25) is 14.4 Å². The highest BCUT2D eigenvalue weighted by Gasteiger charge is 2.76. The molecule has 3 aromatic carbocycles. The van der Waals surface area contributed by atoms with Crippen molar-refractivity contribution in [2.45, 2.75) is 71.3 Å². The first kappa shape index (κ1) is 35.7. The van der Waals surface area contributed by atoms with Crippen LogP contribution in [0.2, 0.25) is 0 Å². The van der Waals surface area contributed by atoms with Gasteiger partial charge in [0.2, 0.25) is 5.91 Å². The lowest BCUT2D eigenvalue weighted by Gasteiger charge is -2.66. The zero-order chi connectivity index (χ0) is 36.3. The summed E-state index contributed by atoms with van der Waals surface area (Å²) in [5.41, 5.74) is 4.79. The summed E-state index contributed by atoms with van der Waals surface area (Å²) >= 11 is 0. The Bertz CT molecular complexity index is 1830. The molecule has 0 aliphatic heterocycles. The molecule has 0 aromatic heterocycles. The number of phenols is 1. The fourth-order valence-electron chi connectivity index (χ4n) is 9.97. The molecule has 3 aliphatic carbocycles. The highest BCUT2D eigenvalue weighted by atomic mass is 16.5. The molecular weight excluding hydrogens is 636 g/mol. The van der Waals surface area contributed by atoms with Crippen LogP contribution in [0.3, 0.4) is 0 Å². The molecule has 0 radical (unpaired) electrons. The Labute approximate surface area is 292 Å². The molecule has 266 valence electrons. The third-order valence-electron chi connectivity index (χ3n) is 12.0. The van der Waals surface area contributed by atoms with E-state index >= 15 is 0 Å². The van der Waals surface area contributed by atoms with E-state index in [4.69, 9.17) is 10.5 Å². The van der Waals surface area contributed by atoms with Crippen molar-refractivity contribution in [2.75, 3.05) is 13.7 Å². The van der Waals surface area contributed by atoms with Gasteiger partial charge in [0.1, 0.15) is 23.5 Å². The number of ketones is 2. The van der Waals surface area contributed by atoms with Gasteiger partial charge in [0.15, 0.2) is 17.2 Å². The number of carbonyl (C=O) groups excluding carboxylic acids is 3. The maximum atomic E-state index is 14.6. The summed E-state index contributed by atoms with van der Waals surface area (Å²) in [6, 6.07) is 19.3. The second kappa shape index (κ2) is 12.9. The molecule has 10 nitrogen and oxygen atoms in total. The van der Waals surface area contributed by atoms with Crippen LogP contribution >= 0.6 is 0 Å². The van der Waals surface area contributed by atoms with Crippen LogP contribution in [0.25, 0.3) is 11.1 Å². The number of benzene rings is 3. The number of primary amides is 1. The first-order chi connectivity index (χ1) is 23.6. The zero-order valence-electron chi connectivity index (χ0n) is 29.3. The SMILES string of the molecule is COc1ccc(CNCCc2ccccc2)cc1-c1ccc(O)c2c1C[C@]1(C)C[C@]3(C)[C@@H](C(C)C)C(O)[C@@H](C(N)=O)C(=O)[C@]3(O)C(O)[C@H]1C2=O. The Morgan fingerprint density at radius 3 is 2.36 bits per heavy atom. The van der Waals surface area contributed by atoms with E-state index in [2.05, 4.69) is 17.4 Å². The smallest absolute Gasteiger partial charge is 0.230 e. The summed E-state index contributed by atoms with van der Waals surface area (Å²) in [6.45, 7) is 8.50. The zero-order valence-corrected chi connectivity index (χ0v) is 29.3. The normalized spacial score (nSPS) is 31.9. The number of aliphatic hydroxyl groups excluding tert-OH is 2. The number of ether oxygens (including phenoxy) is 1. The molecule has 0 saturated heterocycles. The molecule has 2 fully saturated rings. The number of aliphatic hydroxyl groups is 3. The topological polar surface area (TPSA) is 179 Å². The number of aromatic hydroxyl groups is 1.